The average Bonchev–Trinajstić information content (AvgIpc) is 3.04. The zero-order valence-electron chi connectivity index (χ0n) is 11.2. The van der Waals surface area contributed by atoms with E-state index < -0.39 is 0 Å². The molecule has 1 saturated carbocycles. The van der Waals surface area contributed by atoms with Gasteiger partial charge in [-0.25, -0.2) is 0 Å². The summed E-state index contributed by atoms with van der Waals surface area (Å²) >= 11 is 0. The standard InChI is InChI=1S/C13H25N3O/c1-4-14-13(17)10(3)15-11-7-9(2)16(8-11)12-5-6-12/h9-12,15H,4-8H2,1-3H3,(H,14,17). The van der Waals surface area contributed by atoms with Gasteiger partial charge in [-0.2, -0.15) is 0 Å². The van der Waals surface area contributed by atoms with Crippen LogP contribution in [0.25, 0.3) is 0 Å². The van der Waals surface area contributed by atoms with Gasteiger partial charge in [0.1, 0.15) is 0 Å². The van der Waals surface area contributed by atoms with Crippen molar-refractivity contribution in [1.82, 2.24) is 15.5 Å². The number of hydrogen-bond acceptors (Lipinski definition) is 3. The van der Waals surface area contributed by atoms with Crippen molar-refractivity contribution in [2.24, 2.45) is 0 Å². The van der Waals surface area contributed by atoms with Gasteiger partial charge in [-0.3, -0.25) is 9.69 Å². The molecule has 2 N–H and O–H groups in total. The summed E-state index contributed by atoms with van der Waals surface area (Å²) < 4.78 is 0. The molecule has 2 aliphatic rings. The van der Waals surface area contributed by atoms with Crippen LogP contribution in [-0.2, 0) is 4.79 Å². The maximum absolute atomic E-state index is 11.7. The second kappa shape index (κ2) is 5.36. The van der Waals surface area contributed by atoms with Crippen molar-refractivity contribution in [3.8, 4) is 0 Å². The Morgan fingerprint density at radius 3 is 2.76 bits per heavy atom. The molecule has 0 spiro atoms. The molecule has 0 radical (unpaired) electrons. The van der Waals surface area contributed by atoms with Crippen LogP contribution in [-0.4, -0.2) is 48.1 Å². The van der Waals surface area contributed by atoms with Gasteiger partial charge in [0.15, 0.2) is 0 Å². The molecule has 1 aliphatic heterocycles. The minimum atomic E-state index is -0.0775. The topological polar surface area (TPSA) is 44.4 Å². The smallest absolute Gasteiger partial charge is 0.236 e. The van der Waals surface area contributed by atoms with Crippen LogP contribution in [0.2, 0.25) is 0 Å². The molecule has 98 valence electrons. The number of amides is 1. The van der Waals surface area contributed by atoms with E-state index in [9.17, 15) is 4.79 Å². The fraction of sp³-hybridized carbons (Fsp3) is 0.923. The van der Waals surface area contributed by atoms with Gasteiger partial charge >= 0.3 is 0 Å². The Morgan fingerprint density at radius 2 is 2.18 bits per heavy atom. The first-order chi connectivity index (χ1) is 8.11. The molecule has 1 amide bonds. The van der Waals surface area contributed by atoms with E-state index in [-0.39, 0.29) is 11.9 Å². The Hall–Kier alpha value is -0.610. The summed E-state index contributed by atoms with van der Waals surface area (Å²) in [6, 6.07) is 1.90. The number of hydrogen-bond donors (Lipinski definition) is 2. The molecule has 3 atom stereocenters. The Bertz CT molecular complexity index is 278. The highest BCUT2D eigenvalue weighted by molar-refractivity contribution is 5.81. The monoisotopic (exact) mass is 239 g/mol. The van der Waals surface area contributed by atoms with Gasteiger partial charge < -0.3 is 10.6 Å². The van der Waals surface area contributed by atoms with Crippen LogP contribution in [0.5, 0.6) is 0 Å². The van der Waals surface area contributed by atoms with E-state index in [0.29, 0.717) is 18.6 Å². The summed E-state index contributed by atoms with van der Waals surface area (Å²) in [6.45, 7) is 8.03. The zero-order valence-corrected chi connectivity index (χ0v) is 11.2. The fourth-order valence-corrected chi connectivity index (χ4v) is 2.85. The van der Waals surface area contributed by atoms with E-state index in [1.54, 1.807) is 0 Å². The Labute approximate surface area is 104 Å². The molecule has 0 aromatic carbocycles. The summed E-state index contributed by atoms with van der Waals surface area (Å²) in [5, 5.41) is 6.31. The molecule has 0 aromatic rings. The molecule has 2 rings (SSSR count). The van der Waals surface area contributed by atoms with Crippen molar-refractivity contribution in [2.45, 2.75) is 64.2 Å². The fourth-order valence-electron chi connectivity index (χ4n) is 2.85. The van der Waals surface area contributed by atoms with Gasteiger partial charge in [0, 0.05) is 31.2 Å². The third-order valence-corrected chi connectivity index (χ3v) is 3.87. The Kier molecular flexibility index (Phi) is 4.05. The lowest BCUT2D eigenvalue weighted by molar-refractivity contribution is -0.122. The highest BCUT2D eigenvalue weighted by Gasteiger charge is 2.39. The molecule has 4 nitrogen and oxygen atoms in total. The molecule has 3 unspecified atom stereocenters. The summed E-state index contributed by atoms with van der Waals surface area (Å²) in [5.74, 6) is 0.116. The first kappa shape index (κ1) is 12.8. The van der Waals surface area contributed by atoms with E-state index >= 15 is 0 Å². The Balaban J connectivity index is 1.78. The molecule has 17 heavy (non-hydrogen) atoms. The molecular formula is C13H25N3O. The molecule has 1 heterocycles. The number of rotatable bonds is 5. The normalized spacial score (nSPS) is 31.5. The molecule has 1 saturated heterocycles. The van der Waals surface area contributed by atoms with Crippen molar-refractivity contribution in [3.63, 3.8) is 0 Å². The summed E-state index contributed by atoms with van der Waals surface area (Å²) in [6.07, 6.45) is 3.89. The van der Waals surface area contributed by atoms with Gasteiger partial charge in [0.25, 0.3) is 0 Å². The minimum absolute atomic E-state index is 0.0775. The van der Waals surface area contributed by atoms with Gasteiger partial charge in [-0.15, -0.1) is 0 Å². The summed E-state index contributed by atoms with van der Waals surface area (Å²) in [5.41, 5.74) is 0. The van der Waals surface area contributed by atoms with E-state index in [4.69, 9.17) is 0 Å². The summed E-state index contributed by atoms with van der Waals surface area (Å²) in [4.78, 5) is 14.3. The van der Waals surface area contributed by atoms with Crippen LogP contribution in [0.4, 0.5) is 0 Å². The van der Waals surface area contributed by atoms with Crippen molar-refractivity contribution >= 4 is 5.91 Å². The molecule has 4 heteroatoms. The van der Waals surface area contributed by atoms with Gasteiger partial charge in [-0.1, -0.05) is 0 Å². The molecule has 0 aromatic heterocycles. The third-order valence-electron chi connectivity index (χ3n) is 3.87. The largest absolute Gasteiger partial charge is 0.355 e. The number of likely N-dealkylation sites (tertiary alicyclic amines) is 1. The summed E-state index contributed by atoms with van der Waals surface area (Å²) in [7, 11) is 0. The van der Waals surface area contributed by atoms with E-state index in [1.165, 1.54) is 19.3 Å². The van der Waals surface area contributed by atoms with Crippen LogP contribution in [0, 0.1) is 0 Å². The quantitative estimate of drug-likeness (QED) is 0.743. The number of nitrogens with one attached hydrogen (secondary N) is 2. The maximum Gasteiger partial charge on any atom is 0.236 e. The predicted molar refractivity (Wildman–Crippen MR) is 68.9 cm³/mol. The lowest BCUT2D eigenvalue weighted by Gasteiger charge is -2.21. The highest BCUT2D eigenvalue weighted by atomic mass is 16.2. The van der Waals surface area contributed by atoms with Crippen LogP contribution in [0.15, 0.2) is 0 Å². The second-order valence-corrected chi connectivity index (χ2v) is 5.49. The van der Waals surface area contributed by atoms with Crippen molar-refractivity contribution in [2.75, 3.05) is 13.1 Å². The first-order valence-electron chi connectivity index (χ1n) is 6.91. The maximum atomic E-state index is 11.7. The van der Waals surface area contributed by atoms with Crippen LogP contribution >= 0.6 is 0 Å². The highest BCUT2D eigenvalue weighted by Crippen LogP contribution is 2.33. The number of likely N-dealkylation sites (N-methyl/N-ethyl adjacent to an activating group) is 1. The van der Waals surface area contributed by atoms with Gasteiger partial charge in [0.05, 0.1) is 6.04 Å². The number of nitrogens with zero attached hydrogens (tertiary/aromatic N) is 1. The Morgan fingerprint density at radius 1 is 1.47 bits per heavy atom. The lowest BCUT2D eigenvalue weighted by Crippen LogP contribution is -2.47. The van der Waals surface area contributed by atoms with Crippen LogP contribution in [0.3, 0.4) is 0 Å². The minimum Gasteiger partial charge on any atom is -0.355 e. The molecule has 2 fully saturated rings. The van der Waals surface area contributed by atoms with Gasteiger partial charge in [0.2, 0.25) is 5.91 Å². The van der Waals surface area contributed by atoms with Crippen molar-refractivity contribution in [3.05, 3.63) is 0 Å². The molecular weight excluding hydrogens is 214 g/mol. The van der Waals surface area contributed by atoms with Crippen LogP contribution < -0.4 is 10.6 Å². The molecule has 1 aliphatic carbocycles. The molecule has 0 bridgehead atoms. The van der Waals surface area contributed by atoms with Crippen molar-refractivity contribution < 1.29 is 4.79 Å². The average molecular weight is 239 g/mol. The lowest BCUT2D eigenvalue weighted by atomic mass is 10.1. The second-order valence-electron chi connectivity index (χ2n) is 5.49. The first-order valence-corrected chi connectivity index (χ1v) is 6.91. The number of carbonyl (C=O) groups is 1. The van der Waals surface area contributed by atoms with E-state index in [2.05, 4.69) is 22.5 Å². The SMILES string of the molecule is CCNC(=O)C(C)NC1CC(C)N(C2CC2)C1. The van der Waals surface area contributed by atoms with Crippen molar-refractivity contribution in [1.29, 1.82) is 0 Å². The number of carbonyl (C=O) groups excluding carboxylic acids is 1. The van der Waals surface area contributed by atoms with Crippen LogP contribution in [0.1, 0.15) is 40.0 Å². The van der Waals surface area contributed by atoms with E-state index in [0.717, 1.165) is 12.6 Å². The van der Waals surface area contributed by atoms with E-state index in [1.807, 2.05) is 13.8 Å². The predicted octanol–water partition coefficient (Wildman–Crippen LogP) is 0.726. The zero-order chi connectivity index (χ0) is 12.4. The van der Waals surface area contributed by atoms with Gasteiger partial charge in [-0.05, 0) is 40.0 Å². The third kappa shape index (κ3) is 3.19.